The molecule has 4 rings (SSSR count). The number of benzene rings is 1. The molecule has 0 fully saturated rings. The summed E-state index contributed by atoms with van der Waals surface area (Å²) in [4.78, 5) is 17.2. The maximum Gasteiger partial charge on any atom is 0.258 e. The van der Waals surface area contributed by atoms with Crippen molar-refractivity contribution in [3.63, 3.8) is 0 Å². The van der Waals surface area contributed by atoms with Gasteiger partial charge < -0.3 is 10.1 Å². The van der Waals surface area contributed by atoms with Crippen molar-refractivity contribution in [2.75, 3.05) is 13.2 Å². The summed E-state index contributed by atoms with van der Waals surface area (Å²) in [6.07, 6.45) is 6.41. The Morgan fingerprint density at radius 3 is 2.94 bits per heavy atom. The van der Waals surface area contributed by atoms with Gasteiger partial charge in [-0.2, -0.15) is 0 Å². The van der Waals surface area contributed by atoms with Crippen molar-refractivity contribution in [2.24, 2.45) is 0 Å². The first-order valence-electron chi connectivity index (χ1n) is 10.5. The van der Waals surface area contributed by atoms with Crippen molar-refractivity contribution >= 4 is 23.1 Å². The minimum atomic E-state index is -0.361. The number of nitrogens with one attached hydrogen (secondary N) is 1. The first-order chi connectivity index (χ1) is 15.2. The highest BCUT2D eigenvalue weighted by molar-refractivity contribution is 7.09. The molecule has 0 unspecified atom stereocenters. The fraction of sp³-hybridized carbons (Fsp3) is 0.333. The molecule has 3 aromatic rings. The van der Waals surface area contributed by atoms with Crippen LogP contribution in [0.3, 0.4) is 0 Å². The molecule has 0 bridgehead atoms. The number of rotatable bonds is 9. The summed E-state index contributed by atoms with van der Waals surface area (Å²) in [5, 5.41) is 6.02. The highest BCUT2D eigenvalue weighted by Crippen LogP contribution is 2.27. The van der Waals surface area contributed by atoms with Gasteiger partial charge in [0.2, 0.25) is 0 Å². The molecule has 0 amide bonds. The van der Waals surface area contributed by atoms with E-state index in [1.165, 1.54) is 11.6 Å². The number of hydrogen-bond donors (Lipinski definition) is 1. The summed E-state index contributed by atoms with van der Waals surface area (Å²) in [7, 11) is 0. The fourth-order valence-corrected chi connectivity index (χ4v) is 4.43. The van der Waals surface area contributed by atoms with Crippen LogP contribution in [-0.2, 0) is 26.0 Å². The maximum absolute atomic E-state index is 12.7. The average Bonchev–Trinajstić information content (AvgIpc) is 3.26. The van der Waals surface area contributed by atoms with Crippen molar-refractivity contribution in [3.8, 4) is 5.75 Å². The standard InChI is InChI=1S/C24H26FN3O2S/c1-2-20-16-31-23(27-20)15-30-22-7-10-28(24(29)13-22)21-6-5-18-11-17(14-26-9-8-25)3-4-19(18)12-21/h3-4,7,10-13,16,26H,2,5-6,8-9,14-15H2,1H3. The zero-order valence-electron chi connectivity index (χ0n) is 17.6. The second-order valence-electron chi connectivity index (χ2n) is 7.48. The Morgan fingerprint density at radius 2 is 2.16 bits per heavy atom. The Labute approximate surface area is 185 Å². The normalized spacial score (nSPS) is 13.0. The van der Waals surface area contributed by atoms with Gasteiger partial charge in [-0.15, -0.1) is 11.3 Å². The Morgan fingerprint density at radius 1 is 1.26 bits per heavy atom. The maximum atomic E-state index is 12.7. The predicted octanol–water partition coefficient (Wildman–Crippen LogP) is 4.45. The van der Waals surface area contributed by atoms with Crippen LogP contribution in [0.2, 0.25) is 0 Å². The van der Waals surface area contributed by atoms with Crippen LogP contribution in [0.1, 0.15) is 40.7 Å². The van der Waals surface area contributed by atoms with E-state index in [4.69, 9.17) is 4.74 Å². The molecule has 162 valence electrons. The fourth-order valence-electron chi connectivity index (χ4n) is 3.64. The van der Waals surface area contributed by atoms with Gasteiger partial charge in [0.1, 0.15) is 24.0 Å². The number of fused-ring (bicyclic) bond motifs is 1. The van der Waals surface area contributed by atoms with Gasteiger partial charge in [-0.25, -0.2) is 9.37 Å². The van der Waals surface area contributed by atoms with Crippen molar-refractivity contribution in [1.29, 1.82) is 0 Å². The Hall–Kier alpha value is -2.77. The highest BCUT2D eigenvalue weighted by Gasteiger charge is 2.14. The lowest BCUT2D eigenvalue weighted by atomic mass is 9.93. The van der Waals surface area contributed by atoms with E-state index in [0.29, 0.717) is 25.4 Å². The molecule has 0 saturated heterocycles. The van der Waals surface area contributed by atoms with Crippen LogP contribution < -0.4 is 15.6 Å². The molecule has 2 heterocycles. The molecule has 5 nitrogen and oxygen atoms in total. The van der Waals surface area contributed by atoms with Gasteiger partial charge in [-0.05, 0) is 48.1 Å². The van der Waals surface area contributed by atoms with E-state index in [2.05, 4.69) is 35.4 Å². The lowest BCUT2D eigenvalue weighted by Gasteiger charge is -2.19. The topological polar surface area (TPSA) is 56.1 Å². The minimum Gasteiger partial charge on any atom is -0.486 e. The van der Waals surface area contributed by atoms with Crippen molar-refractivity contribution in [3.05, 3.63) is 79.7 Å². The number of thiazole rings is 1. The number of ether oxygens (including phenoxy) is 1. The number of alkyl halides is 1. The van der Waals surface area contributed by atoms with E-state index >= 15 is 0 Å². The second kappa shape index (κ2) is 10.0. The summed E-state index contributed by atoms with van der Waals surface area (Å²) in [6, 6.07) is 9.64. The van der Waals surface area contributed by atoms with Gasteiger partial charge in [0.05, 0.1) is 5.69 Å². The van der Waals surface area contributed by atoms with Gasteiger partial charge in [0.15, 0.2) is 0 Å². The predicted molar refractivity (Wildman–Crippen MR) is 123 cm³/mol. The van der Waals surface area contributed by atoms with E-state index in [-0.39, 0.29) is 12.2 Å². The van der Waals surface area contributed by atoms with E-state index < -0.39 is 0 Å². The lowest BCUT2D eigenvalue weighted by Crippen LogP contribution is -2.20. The van der Waals surface area contributed by atoms with Crippen LogP contribution in [0.4, 0.5) is 4.39 Å². The summed E-state index contributed by atoms with van der Waals surface area (Å²) < 4.78 is 19.7. The van der Waals surface area contributed by atoms with Gasteiger partial charge in [0, 0.05) is 36.4 Å². The van der Waals surface area contributed by atoms with Crippen LogP contribution in [0.5, 0.6) is 5.75 Å². The Kier molecular flexibility index (Phi) is 6.94. The van der Waals surface area contributed by atoms with Crippen LogP contribution in [0.15, 0.2) is 46.7 Å². The zero-order valence-corrected chi connectivity index (χ0v) is 18.4. The quantitative estimate of drug-likeness (QED) is 0.501. The molecule has 0 radical (unpaired) electrons. The number of hydrogen-bond acceptors (Lipinski definition) is 5. The molecule has 1 N–H and O–H groups in total. The highest BCUT2D eigenvalue weighted by atomic mass is 32.1. The summed E-state index contributed by atoms with van der Waals surface area (Å²) >= 11 is 1.57. The first-order valence-corrected chi connectivity index (χ1v) is 11.4. The lowest BCUT2D eigenvalue weighted by molar-refractivity contribution is 0.304. The monoisotopic (exact) mass is 439 g/mol. The minimum absolute atomic E-state index is 0.104. The molecule has 31 heavy (non-hydrogen) atoms. The van der Waals surface area contributed by atoms with Crippen LogP contribution in [0, 0.1) is 0 Å². The third-order valence-electron chi connectivity index (χ3n) is 5.30. The molecule has 7 heteroatoms. The van der Waals surface area contributed by atoms with Crippen LogP contribution >= 0.6 is 11.3 Å². The van der Waals surface area contributed by atoms with Crippen molar-refractivity contribution in [1.82, 2.24) is 14.9 Å². The molecular formula is C24H26FN3O2S. The zero-order chi connectivity index (χ0) is 21.6. The van der Waals surface area contributed by atoms with Crippen molar-refractivity contribution in [2.45, 2.75) is 39.3 Å². The molecule has 0 atom stereocenters. The molecule has 0 aliphatic heterocycles. The molecule has 0 spiro atoms. The average molecular weight is 440 g/mol. The number of nitrogens with zero attached hydrogens (tertiary/aromatic N) is 2. The largest absolute Gasteiger partial charge is 0.486 e. The molecular weight excluding hydrogens is 413 g/mol. The molecule has 1 aromatic carbocycles. The first kappa shape index (κ1) is 21.5. The molecule has 1 aliphatic carbocycles. The van der Waals surface area contributed by atoms with E-state index in [1.807, 2.05) is 17.5 Å². The van der Waals surface area contributed by atoms with Gasteiger partial charge in [0.25, 0.3) is 5.56 Å². The Balaban J connectivity index is 1.45. The van der Waals surface area contributed by atoms with E-state index in [0.717, 1.165) is 46.8 Å². The van der Waals surface area contributed by atoms with Crippen molar-refractivity contribution < 1.29 is 9.13 Å². The molecule has 2 aromatic heterocycles. The third-order valence-corrected chi connectivity index (χ3v) is 6.18. The smallest absolute Gasteiger partial charge is 0.258 e. The summed E-state index contributed by atoms with van der Waals surface area (Å²) in [5.41, 5.74) is 5.46. The number of pyridine rings is 1. The Bertz CT molecular complexity index is 1140. The number of halogens is 1. The SMILES string of the molecule is CCc1csc(COc2ccn(C3=Cc4ccc(CNCCF)cc4CC3)c(=O)c2)n1. The van der Waals surface area contributed by atoms with E-state index in [9.17, 15) is 9.18 Å². The van der Waals surface area contributed by atoms with Gasteiger partial charge >= 0.3 is 0 Å². The van der Waals surface area contributed by atoms with Crippen LogP contribution in [0.25, 0.3) is 11.8 Å². The van der Waals surface area contributed by atoms with Gasteiger partial charge in [-0.3, -0.25) is 9.36 Å². The second-order valence-corrected chi connectivity index (χ2v) is 8.42. The molecule has 0 saturated carbocycles. The summed E-state index contributed by atoms with van der Waals surface area (Å²) in [6.45, 7) is 3.11. The van der Waals surface area contributed by atoms with E-state index in [1.54, 1.807) is 22.1 Å². The number of aromatic nitrogens is 2. The van der Waals surface area contributed by atoms with Crippen LogP contribution in [-0.4, -0.2) is 22.8 Å². The number of aryl methyl sites for hydroxylation is 2. The third kappa shape index (κ3) is 5.29. The molecule has 1 aliphatic rings. The van der Waals surface area contributed by atoms with Gasteiger partial charge in [-0.1, -0.05) is 25.1 Å². The number of allylic oxidation sites excluding steroid dienone is 1. The summed E-state index contributed by atoms with van der Waals surface area (Å²) in [5.74, 6) is 0.553.